The predicted molar refractivity (Wildman–Crippen MR) is 69.8 cm³/mol. The van der Waals surface area contributed by atoms with Crippen LogP contribution in [-0.2, 0) is 5.54 Å². The summed E-state index contributed by atoms with van der Waals surface area (Å²) in [5.74, 6) is 1.61. The van der Waals surface area contributed by atoms with Crippen LogP contribution in [0.1, 0.15) is 32.1 Å². The average Bonchev–Trinajstić information content (AvgIpc) is 3.04. The lowest BCUT2D eigenvalue weighted by Crippen LogP contribution is -2.36. The normalized spacial score (nSPS) is 23.7. The molecule has 3 rings (SSSR count). The van der Waals surface area contributed by atoms with E-state index in [1.54, 1.807) is 7.11 Å². The van der Waals surface area contributed by atoms with Crippen molar-refractivity contribution in [2.75, 3.05) is 13.7 Å². The van der Waals surface area contributed by atoms with Gasteiger partial charge in [-0.1, -0.05) is 6.92 Å². The van der Waals surface area contributed by atoms with Crippen molar-refractivity contribution in [3.05, 3.63) is 24.1 Å². The first-order chi connectivity index (χ1) is 8.77. The lowest BCUT2D eigenvalue weighted by atomic mass is 9.94. The third-order valence-corrected chi connectivity index (χ3v) is 3.85. The van der Waals surface area contributed by atoms with Gasteiger partial charge in [0.05, 0.1) is 12.6 Å². The number of aromatic nitrogens is 1. The number of hydrogen-bond acceptors (Lipinski definition) is 4. The fraction of sp³-hybridized carbons (Fsp3) is 0.500. The minimum absolute atomic E-state index is 0.0771. The number of ether oxygens (including phenoxy) is 1. The molecule has 0 aliphatic carbocycles. The monoisotopic (exact) mass is 246 g/mol. The summed E-state index contributed by atoms with van der Waals surface area (Å²) in [5, 5.41) is 3.54. The fourth-order valence-electron chi connectivity index (χ4n) is 2.68. The van der Waals surface area contributed by atoms with Gasteiger partial charge in [0, 0.05) is 6.07 Å². The predicted octanol–water partition coefficient (Wildman–Crippen LogP) is 2.83. The van der Waals surface area contributed by atoms with Crippen molar-refractivity contribution in [3.8, 4) is 5.75 Å². The molecule has 1 N–H and O–H groups in total. The number of rotatable bonds is 3. The fourth-order valence-corrected chi connectivity index (χ4v) is 2.68. The maximum Gasteiger partial charge on any atom is 0.215 e. The highest BCUT2D eigenvalue weighted by molar-refractivity contribution is 5.74. The van der Waals surface area contributed by atoms with Crippen LogP contribution < -0.4 is 10.1 Å². The van der Waals surface area contributed by atoms with Crippen molar-refractivity contribution in [1.29, 1.82) is 0 Å². The molecule has 1 unspecified atom stereocenters. The Morgan fingerprint density at radius 3 is 3.06 bits per heavy atom. The van der Waals surface area contributed by atoms with E-state index in [1.165, 1.54) is 6.42 Å². The second-order valence-electron chi connectivity index (χ2n) is 4.82. The SMILES string of the molecule is CCC1(c2nc3ccc(OC)cc3o2)CCCN1. The first-order valence-corrected chi connectivity index (χ1v) is 6.47. The molecular weight excluding hydrogens is 228 g/mol. The molecule has 0 spiro atoms. The molecular formula is C14H18N2O2. The van der Waals surface area contributed by atoms with E-state index in [9.17, 15) is 0 Å². The molecule has 1 aromatic carbocycles. The highest BCUT2D eigenvalue weighted by atomic mass is 16.5. The van der Waals surface area contributed by atoms with Crippen molar-refractivity contribution in [2.45, 2.75) is 31.7 Å². The first-order valence-electron chi connectivity index (χ1n) is 6.47. The van der Waals surface area contributed by atoms with Gasteiger partial charge in [0.15, 0.2) is 5.58 Å². The molecule has 0 bridgehead atoms. The van der Waals surface area contributed by atoms with E-state index in [-0.39, 0.29) is 5.54 Å². The molecule has 18 heavy (non-hydrogen) atoms. The largest absolute Gasteiger partial charge is 0.497 e. The third kappa shape index (κ3) is 1.68. The average molecular weight is 246 g/mol. The summed E-state index contributed by atoms with van der Waals surface area (Å²) in [6, 6.07) is 5.75. The lowest BCUT2D eigenvalue weighted by Gasteiger charge is -2.23. The molecule has 0 amide bonds. The second kappa shape index (κ2) is 4.28. The van der Waals surface area contributed by atoms with Crippen LogP contribution in [0.2, 0.25) is 0 Å². The Balaban J connectivity index is 2.07. The molecule has 4 heteroatoms. The van der Waals surface area contributed by atoms with Crippen molar-refractivity contribution in [1.82, 2.24) is 10.3 Å². The van der Waals surface area contributed by atoms with Gasteiger partial charge in [-0.15, -0.1) is 0 Å². The van der Waals surface area contributed by atoms with Gasteiger partial charge in [-0.3, -0.25) is 0 Å². The number of nitrogens with one attached hydrogen (secondary N) is 1. The second-order valence-corrected chi connectivity index (χ2v) is 4.82. The van der Waals surface area contributed by atoms with Gasteiger partial charge in [-0.25, -0.2) is 4.98 Å². The van der Waals surface area contributed by atoms with Crippen LogP contribution in [0.25, 0.3) is 11.1 Å². The van der Waals surface area contributed by atoms with Gasteiger partial charge in [0.1, 0.15) is 11.3 Å². The molecule has 1 fully saturated rings. The van der Waals surface area contributed by atoms with E-state index >= 15 is 0 Å². The van der Waals surface area contributed by atoms with Crippen LogP contribution in [0, 0.1) is 0 Å². The molecule has 2 aromatic rings. The summed E-state index contributed by atoms with van der Waals surface area (Å²) in [6.07, 6.45) is 3.26. The van der Waals surface area contributed by atoms with Gasteiger partial charge in [0.2, 0.25) is 5.89 Å². The number of methoxy groups -OCH3 is 1. The quantitative estimate of drug-likeness (QED) is 0.904. The Morgan fingerprint density at radius 1 is 1.50 bits per heavy atom. The maximum absolute atomic E-state index is 5.94. The minimum atomic E-state index is -0.0771. The van der Waals surface area contributed by atoms with Gasteiger partial charge >= 0.3 is 0 Å². The molecule has 1 saturated heterocycles. The molecule has 1 aromatic heterocycles. The molecule has 1 aliphatic heterocycles. The third-order valence-electron chi connectivity index (χ3n) is 3.85. The summed E-state index contributed by atoms with van der Waals surface area (Å²) in [5.41, 5.74) is 1.62. The summed E-state index contributed by atoms with van der Waals surface area (Å²) in [7, 11) is 1.66. The zero-order valence-electron chi connectivity index (χ0n) is 10.8. The highest BCUT2D eigenvalue weighted by Gasteiger charge is 2.38. The van der Waals surface area contributed by atoms with Gasteiger partial charge < -0.3 is 14.5 Å². The Kier molecular flexibility index (Phi) is 2.74. The number of nitrogens with zero attached hydrogens (tertiary/aromatic N) is 1. The van der Waals surface area contributed by atoms with Crippen molar-refractivity contribution >= 4 is 11.1 Å². The molecule has 2 heterocycles. The van der Waals surface area contributed by atoms with E-state index in [2.05, 4.69) is 17.2 Å². The van der Waals surface area contributed by atoms with Gasteiger partial charge in [0.25, 0.3) is 0 Å². The van der Waals surface area contributed by atoms with Crippen molar-refractivity contribution < 1.29 is 9.15 Å². The smallest absolute Gasteiger partial charge is 0.215 e. The summed E-state index contributed by atoms with van der Waals surface area (Å²) >= 11 is 0. The summed E-state index contributed by atoms with van der Waals surface area (Å²) < 4.78 is 11.1. The number of benzene rings is 1. The van der Waals surface area contributed by atoms with Gasteiger partial charge in [-0.2, -0.15) is 0 Å². The Hall–Kier alpha value is -1.55. The van der Waals surface area contributed by atoms with Crippen LogP contribution in [0.15, 0.2) is 22.6 Å². The van der Waals surface area contributed by atoms with Gasteiger partial charge in [-0.05, 0) is 37.9 Å². The topological polar surface area (TPSA) is 47.3 Å². The number of hydrogen-bond donors (Lipinski definition) is 1. The molecule has 4 nitrogen and oxygen atoms in total. The minimum Gasteiger partial charge on any atom is -0.497 e. The Bertz CT molecular complexity index is 556. The zero-order chi connectivity index (χ0) is 12.6. The molecule has 0 radical (unpaired) electrons. The number of fused-ring (bicyclic) bond motifs is 1. The van der Waals surface area contributed by atoms with Crippen LogP contribution in [0.3, 0.4) is 0 Å². The molecule has 1 atom stereocenters. The molecule has 1 aliphatic rings. The summed E-state index contributed by atoms with van der Waals surface area (Å²) in [6.45, 7) is 3.21. The summed E-state index contributed by atoms with van der Waals surface area (Å²) in [4.78, 5) is 4.63. The van der Waals surface area contributed by atoms with Crippen LogP contribution in [0.5, 0.6) is 5.75 Å². The van der Waals surface area contributed by atoms with Crippen LogP contribution >= 0.6 is 0 Å². The van der Waals surface area contributed by atoms with Crippen molar-refractivity contribution in [3.63, 3.8) is 0 Å². The first kappa shape index (κ1) is 11.5. The van der Waals surface area contributed by atoms with E-state index in [0.717, 1.165) is 42.1 Å². The molecule has 0 saturated carbocycles. The Labute approximate surface area is 106 Å². The van der Waals surface area contributed by atoms with Crippen LogP contribution in [0.4, 0.5) is 0 Å². The van der Waals surface area contributed by atoms with E-state index in [1.807, 2.05) is 18.2 Å². The van der Waals surface area contributed by atoms with E-state index in [4.69, 9.17) is 9.15 Å². The van der Waals surface area contributed by atoms with Crippen molar-refractivity contribution in [2.24, 2.45) is 0 Å². The standard InChI is InChI=1S/C14H18N2O2/c1-3-14(7-4-8-15-14)13-16-11-6-5-10(17-2)9-12(11)18-13/h5-6,9,15H,3-4,7-8H2,1-2H3. The lowest BCUT2D eigenvalue weighted by molar-refractivity contribution is 0.292. The van der Waals surface area contributed by atoms with Crippen LogP contribution in [-0.4, -0.2) is 18.6 Å². The number of oxazole rings is 1. The highest BCUT2D eigenvalue weighted by Crippen LogP contribution is 2.35. The zero-order valence-corrected chi connectivity index (χ0v) is 10.8. The van der Waals surface area contributed by atoms with E-state index < -0.39 is 0 Å². The maximum atomic E-state index is 5.94. The Morgan fingerprint density at radius 2 is 2.39 bits per heavy atom. The van der Waals surface area contributed by atoms with E-state index in [0.29, 0.717) is 0 Å². The molecule has 96 valence electrons.